The van der Waals surface area contributed by atoms with Gasteiger partial charge >= 0.3 is 0 Å². The van der Waals surface area contributed by atoms with E-state index < -0.39 is 28.3 Å². The number of rotatable bonds is 8. The first kappa shape index (κ1) is 22.8. The molecule has 3 aromatic carbocycles. The first-order valence-electron chi connectivity index (χ1n) is 9.34. The van der Waals surface area contributed by atoms with E-state index in [2.05, 4.69) is 10.5 Å². The van der Waals surface area contributed by atoms with E-state index in [1.807, 2.05) is 0 Å². The van der Waals surface area contributed by atoms with Crippen molar-refractivity contribution in [3.05, 3.63) is 84.2 Å². The van der Waals surface area contributed by atoms with Crippen LogP contribution in [0.15, 0.2) is 82.8 Å². The molecule has 0 aliphatic rings. The van der Waals surface area contributed by atoms with E-state index in [0.717, 1.165) is 6.07 Å². The predicted octanol–water partition coefficient (Wildman–Crippen LogP) is 2.89. The minimum atomic E-state index is -4.23. The molecule has 0 atom stereocenters. The van der Waals surface area contributed by atoms with Crippen LogP contribution < -0.4 is 14.5 Å². The van der Waals surface area contributed by atoms with Crippen LogP contribution in [0.3, 0.4) is 0 Å². The van der Waals surface area contributed by atoms with Gasteiger partial charge in [-0.1, -0.05) is 30.3 Å². The van der Waals surface area contributed by atoms with Gasteiger partial charge in [0.1, 0.15) is 12.4 Å². The maximum absolute atomic E-state index is 14.4. The zero-order chi connectivity index (χ0) is 23.1. The molecular formula is C22H20FN3O5S. The lowest BCUT2D eigenvalue weighted by Crippen LogP contribution is -2.40. The van der Waals surface area contributed by atoms with Crippen molar-refractivity contribution in [2.45, 2.75) is 4.90 Å². The van der Waals surface area contributed by atoms with Crippen LogP contribution in [0.2, 0.25) is 0 Å². The lowest BCUT2D eigenvalue weighted by molar-refractivity contribution is -0.119. The minimum absolute atomic E-state index is 0.0552. The second kappa shape index (κ2) is 9.92. The van der Waals surface area contributed by atoms with Crippen LogP contribution in [0, 0.1) is 5.82 Å². The number of amides is 1. The third-order valence-corrected chi connectivity index (χ3v) is 6.12. The van der Waals surface area contributed by atoms with Crippen molar-refractivity contribution >= 4 is 27.8 Å². The molecule has 32 heavy (non-hydrogen) atoms. The molecule has 8 nitrogen and oxygen atoms in total. The molecule has 0 aliphatic carbocycles. The van der Waals surface area contributed by atoms with E-state index in [0.29, 0.717) is 9.87 Å². The van der Waals surface area contributed by atoms with Crippen LogP contribution in [0.5, 0.6) is 11.5 Å². The fourth-order valence-corrected chi connectivity index (χ4v) is 4.24. The average Bonchev–Trinajstić information content (AvgIpc) is 2.79. The van der Waals surface area contributed by atoms with Crippen molar-refractivity contribution in [3.63, 3.8) is 0 Å². The second-order valence-electron chi connectivity index (χ2n) is 6.50. The topological polar surface area (TPSA) is 108 Å². The number of halogens is 1. The van der Waals surface area contributed by atoms with E-state index in [4.69, 9.17) is 4.74 Å². The summed E-state index contributed by atoms with van der Waals surface area (Å²) < 4.78 is 46.3. The smallest absolute Gasteiger partial charge is 0.264 e. The summed E-state index contributed by atoms with van der Waals surface area (Å²) in [6, 6.07) is 17.1. The predicted molar refractivity (Wildman–Crippen MR) is 118 cm³/mol. The fraction of sp³-hybridized carbons (Fsp3) is 0.0909. The van der Waals surface area contributed by atoms with Crippen molar-refractivity contribution in [2.24, 2.45) is 5.10 Å². The molecule has 0 fully saturated rings. The average molecular weight is 457 g/mol. The molecule has 166 valence electrons. The number of anilines is 1. The second-order valence-corrected chi connectivity index (χ2v) is 8.36. The lowest BCUT2D eigenvalue weighted by atomic mass is 10.2. The third kappa shape index (κ3) is 5.22. The summed E-state index contributed by atoms with van der Waals surface area (Å²) in [5.41, 5.74) is 2.48. The molecule has 0 heterocycles. The Labute approximate surface area is 184 Å². The zero-order valence-corrected chi connectivity index (χ0v) is 17.8. The molecule has 0 saturated heterocycles. The largest absolute Gasteiger partial charge is 0.504 e. The molecule has 0 bridgehead atoms. The van der Waals surface area contributed by atoms with Crippen LogP contribution >= 0.6 is 0 Å². The Morgan fingerprint density at radius 1 is 1.12 bits per heavy atom. The Kier molecular flexibility index (Phi) is 7.06. The molecule has 3 rings (SSSR count). The maximum Gasteiger partial charge on any atom is 0.264 e. The summed E-state index contributed by atoms with van der Waals surface area (Å²) in [7, 11) is -2.84. The van der Waals surface area contributed by atoms with Crippen molar-refractivity contribution in [1.82, 2.24) is 5.43 Å². The molecule has 0 aliphatic heterocycles. The van der Waals surface area contributed by atoms with Gasteiger partial charge in [-0.2, -0.15) is 5.10 Å². The number of ether oxygens (including phenoxy) is 1. The maximum atomic E-state index is 14.4. The molecule has 2 N–H and O–H groups in total. The Morgan fingerprint density at radius 2 is 1.81 bits per heavy atom. The van der Waals surface area contributed by atoms with Gasteiger partial charge in [-0.3, -0.25) is 9.10 Å². The number of benzene rings is 3. The molecular weight excluding hydrogens is 437 g/mol. The molecule has 0 spiro atoms. The molecule has 10 heteroatoms. The van der Waals surface area contributed by atoms with E-state index in [1.165, 1.54) is 67.9 Å². The van der Waals surface area contributed by atoms with Crippen molar-refractivity contribution in [2.75, 3.05) is 18.0 Å². The molecule has 0 unspecified atom stereocenters. The number of aromatic hydroxyl groups is 1. The molecule has 0 radical (unpaired) electrons. The number of phenols is 1. The first-order chi connectivity index (χ1) is 15.3. The normalized spacial score (nSPS) is 11.3. The molecule has 1 amide bonds. The van der Waals surface area contributed by atoms with Gasteiger partial charge < -0.3 is 9.84 Å². The number of phenolic OH excluding ortho intramolecular Hbond substituents is 1. The number of carbonyl (C=O) groups is 1. The Hall–Kier alpha value is -3.92. The highest BCUT2D eigenvalue weighted by Crippen LogP contribution is 2.26. The van der Waals surface area contributed by atoms with Gasteiger partial charge in [-0.05, 0) is 48.0 Å². The van der Waals surface area contributed by atoms with Crippen molar-refractivity contribution in [3.8, 4) is 11.5 Å². The van der Waals surface area contributed by atoms with Crippen molar-refractivity contribution < 1.29 is 27.4 Å². The van der Waals surface area contributed by atoms with Gasteiger partial charge in [0, 0.05) is 0 Å². The highest BCUT2D eigenvalue weighted by Gasteiger charge is 2.28. The van der Waals surface area contributed by atoms with Crippen molar-refractivity contribution in [1.29, 1.82) is 0 Å². The summed E-state index contributed by atoms with van der Waals surface area (Å²) in [5, 5.41) is 13.4. The summed E-state index contributed by atoms with van der Waals surface area (Å²) >= 11 is 0. The number of para-hydroxylation sites is 1. The van der Waals surface area contributed by atoms with Gasteiger partial charge in [0.25, 0.3) is 15.9 Å². The molecule has 3 aromatic rings. The van der Waals surface area contributed by atoms with E-state index in [9.17, 15) is 22.7 Å². The number of nitrogens with one attached hydrogen (secondary N) is 1. The number of hydrazone groups is 1. The van der Waals surface area contributed by atoms with Crippen LogP contribution in [-0.2, 0) is 14.8 Å². The summed E-state index contributed by atoms with van der Waals surface area (Å²) in [4.78, 5) is 12.4. The van der Waals surface area contributed by atoms with E-state index in [-0.39, 0.29) is 22.1 Å². The lowest BCUT2D eigenvalue weighted by Gasteiger charge is -2.24. The SMILES string of the molecule is COc1cc(/C=N\NC(=O)CN(c2ccccc2F)S(=O)(=O)c2ccccc2)ccc1O. The zero-order valence-electron chi connectivity index (χ0n) is 17.0. The number of carbonyl (C=O) groups excluding carboxylic acids is 1. The number of hydrogen-bond donors (Lipinski definition) is 2. The molecule has 0 saturated carbocycles. The minimum Gasteiger partial charge on any atom is -0.504 e. The standard InChI is InChI=1S/C22H20FN3O5S/c1-31-21-13-16(11-12-20(21)27)14-24-25-22(28)15-26(19-10-6-5-9-18(19)23)32(29,30)17-7-3-2-4-8-17/h2-14,27H,15H2,1H3,(H,25,28)/b24-14-. The van der Waals surface area contributed by atoms with Crippen LogP contribution in [0.25, 0.3) is 0 Å². The van der Waals surface area contributed by atoms with Crippen LogP contribution in [-0.4, -0.2) is 39.3 Å². The number of methoxy groups -OCH3 is 1. The quantitative estimate of drug-likeness (QED) is 0.399. The van der Waals surface area contributed by atoms with Gasteiger partial charge in [-0.15, -0.1) is 0 Å². The Bertz CT molecular complexity index is 1230. The highest BCUT2D eigenvalue weighted by atomic mass is 32.2. The summed E-state index contributed by atoms with van der Waals surface area (Å²) in [6.45, 7) is -0.700. The van der Waals surface area contributed by atoms with Gasteiger partial charge in [0.15, 0.2) is 11.5 Å². The van der Waals surface area contributed by atoms with Gasteiger partial charge in [0.05, 0.1) is 23.9 Å². The van der Waals surface area contributed by atoms with Crippen LogP contribution in [0.4, 0.5) is 10.1 Å². The summed E-state index contributed by atoms with van der Waals surface area (Å²) in [5.74, 6) is -1.41. The van der Waals surface area contributed by atoms with Gasteiger partial charge in [-0.25, -0.2) is 18.2 Å². The number of nitrogens with zero attached hydrogens (tertiary/aromatic N) is 2. The monoisotopic (exact) mass is 457 g/mol. The van der Waals surface area contributed by atoms with E-state index in [1.54, 1.807) is 12.1 Å². The Balaban J connectivity index is 1.82. The fourth-order valence-electron chi connectivity index (χ4n) is 2.79. The van der Waals surface area contributed by atoms with Gasteiger partial charge in [0.2, 0.25) is 0 Å². The van der Waals surface area contributed by atoms with E-state index >= 15 is 0 Å². The summed E-state index contributed by atoms with van der Waals surface area (Å²) in [6.07, 6.45) is 1.29. The third-order valence-electron chi connectivity index (χ3n) is 4.35. The number of hydrogen-bond acceptors (Lipinski definition) is 6. The Morgan fingerprint density at radius 3 is 2.50 bits per heavy atom. The highest BCUT2D eigenvalue weighted by molar-refractivity contribution is 7.92. The number of sulfonamides is 1. The first-order valence-corrected chi connectivity index (χ1v) is 10.8. The van der Waals surface area contributed by atoms with Crippen LogP contribution in [0.1, 0.15) is 5.56 Å². The molecule has 0 aromatic heterocycles.